The molecule has 0 radical (unpaired) electrons. The molecule has 0 fully saturated rings. The summed E-state index contributed by atoms with van der Waals surface area (Å²) in [5.74, 6) is -1.08. The number of nitrogens with one attached hydrogen (secondary N) is 2. The molecule has 3 rings (SSSR count). The van der Waals surface area contributed by atoms with Crippen LogP contribution in [0.3, 0.4) is 0 Å². The van der Waals surface area contributed by atoms with Crippen molar-refractivity contribution >= 4 is 17.5 Å². The summed E-state index contributed by atoms with van der Waals surface area (Å²) in [6, 6.07) is 18.7. The minimum absolute atomic E-state index is 0.138. The van der Waals surface area contributed by atoms with Crippen LogP contribution in [0.25, 0.3) is 0 Å². The van der Waals surface area contributed by atoms with Crippen molar-refractivity contribution in [2.75, 3.05) is 5.32 Å². The van der Waals surface area contributed by atoms with Gasteiger partial charge in [-0.05, 0) is 53.1 Å². The maximum atomic E-state index is 12.9. The van der Waals surface area contributed by atoms with Gasteiger partial charge in [0.1, 0.15) is 11.6 Å². The van der Waals surface area contributed by atoms with Gasteiger partial charge in [0, 0.05) is 12.2 Å². The SMILES string of the molecule is O=C(Cc1ccc(F)cc1)NCc1cccc(NC(=O)Cc2ccc(F)cc2)c1. The van der Waals surface area contributed by atoms with Crippen LogP contribution in [0.4, 0.5) is 14.5 Å². The molecule has 0 aliphatic rings. The third-order valence-electron chi connectivity index (χ3n) is 4.26. The predicted molar refractivity (Wildman–Crippen MR) is 107 cm³/mol. The molecular weight excluding hydrogens is 374 g/mol. The summed E-state index contributed by atoms with van der Waals surface area (Å²) in [6.07, 6.45) is 0.299. The molecule has 0 aromatic heterocycles. The van der Waals surface area contributed by atoms with Gasteiger partial charge in [-0.2, -0.15) is 0 Å². The van der Waals surface area contributed by atoms with Crippen molar-refractivity contribution in [3.05, 3.63) is 101 Å². The molecule has 2 N–H and O–H groups in total. The zero-order valence-electron chi connectivity index (χ0n) is 15.6. The first kappa shape index (κ1) is 20.2. The molecule has 3 aromatic carbocycles. The molecular formula is C23H20F2N2O2. The average Bonchev–Trinajstić information content (AvgIpc) is 2.70. The van der Waals surface area contributed by atoms with Crippen molar-refractivity contribution in [3.8, 4) is 0 Å². The number of carbonyl (C=O) groups excluding carboxylic acids is 2. The number of hydrogen-bond donors (Lipinski definition) is 2. The van der Waals surface area contributed by atoms with Crippen molar-refractivity contribution in [3.63, 3.8) is 0 Å². The van der Waals surface area contributed by atoms with Crippen LogP contribution < -0.4 is 10.6 Å². The highest BCUT2D eigenvalue weighted by Gasteiger charge is 2.07. The van der Waals surface area contributed by atoms with E-state index in [-0.39, 0.29) is 36.3 Å². The van der Waals surface area contributed by atoms with Crippen molar-refractivity contribution in [1.29, 1.82) is 0 Å². The Labute approximate surface area is 167 Å². The quantitative estimate of drug-likeness (QED) is 0.636. The molecule has 148 valence electrons. The highest BCUT2D eigenvalue weighted by atomic mass is 19.1. The zero-order chi connectivity index (χ0) is 20.6. The first-order valence-electron chi connectivity index (χ1n) is 9.12. The van der Waals surface area contributed by atoms with E-state index < -0.39 is 0 Å². The van der Waals surface area contributed by atoms with Gasteiger partial charge in [-0.1, -0.05) is 36.4 Å². The number of hydrogen-bond acceptors (Lipinski definition) is 2. The molecule has 3 aromatic rings. The van der Waals surface area contributed by atoms with Crippen molar-refractivity contribution in [2.45, 2.75) is 19.4 Å². The maximum absolute atomic E-state index is 12.9. The molecule has 0 unspecified atom stereocenters. The Hall–Kier alpha value is -3.54. The van der Waals surface area contributed by atoms with E-state index in [0.29, 0.717) is 17.8 Å². The molecule has 0 bridgehead atoms. The van der Waals surface area contributed by atoms with Crippen molar-refractivity contribution in [1.82, 2.24) is 5.32 Å². The predicted octanol–water partition coefficient (Wildman–Crippen LogP) is 4.00. The first-order valence-corrected chi connectivity index (χ1v) is 9.12. The van der Waals surface area contributed by atoms with Gasteiger partial charge in [-0.25, -0.2) is 8.78 Å². The lowest BCUT2D eigenvalue weighted by atomic mass is 10.1. The number of carbonyl (C=O) groups is 2. The molecule has 29 heavy (non-hydrogen) atoms. The number of amides is 2. The molecule has 2 amide bonds. The van der Waals surface area contributed by atoms with E-state index in [4.69, 9.17) is 0 Å². The van der Waals surface area contributed by atoms with Crippen LogP contribution >= 0.6 is 0 Å². The fourth-order valence-corrected chi connectivity index (χ4v) is 2.80. The topological polar surface area (TPSA) is 58.2 Å². The highest BCUT2D eigenvalue weighted by molar-refractivity contribution is 5.92. The average molecular weight is 394 g/mol. The Morgan fingerprint density at radius 1 is 0.690 bits per heavy atom. The molecule has 0 atom stereocenters. The summed E-state index contributed by atoms with van der Waals surface area (Å²) in [4.78, 5) is 24.2. The van der Waals surface area contributed by atoms with Crippen LogP contribution in [-0.4, -0.2) is 11.8 Å². The van der Waals surface area contributed by atoms with Gasteiger partial charge < -0.3 is 10.6 Å². The minimum atomic E-state index is -0.344. The monoisotopic (exact) mass is 394 g/mol. The second-order valence-electron chi connectivity index (χ2n) is 6.63. The van der Waals surface area contributed by atoms with Crippen LogP contribution in [0, 0.1) is 11.6 Å². The standard InChI is InChI=1S/C23H20F2N2O2/c24-19-8-4-16(5-9-19)13-22(28)26-15-18-2-1-3-21(12-18)27-23(29)14-17-6-10-20(25)11-7-17/h1-12H,13-15H2,(H,26,28)(H,27,29). The fraction of sp³-hybridized carbons (Fsp3) is 0.130. The van der Waals surface area contributed by atoms with Gasteiger partial charge in [0.25, 0.3) is 0 Å². The number of halogens is 2. The number of benzene rings is 3. The van der Waals surface area contributed by atoms with E-state index in [1.54, 1.807) is 42.5 Å². The normalized spacial score (nSPS) is 10.4. The lowest BCUT2D eigenvalue weighted by molar-refractivity contribution is -0.120. The summed E-state index contributed by atoms with van der Waals surface area (Å²) >= 11 is 0. The number of rotatable bonds is 7. The summed E-state index contributed by atoms with van der Waals surface area (Å²) in [5.41, 5.74) is 2.89. The zero-order valence-corrected chi connectivity index (χ0v) is 15.6. The minimum Gasteiger partial charge on any atom is -0.352 e. The van der Waals surface area contributed by atoms with Gasteiger partial charge in [0.05, 0.1) is 12.8 Å². The third-order valence-corrected chi connectivity index (χ3v) is 4.26. The van der Waals surface area contributed by atoms with Gasteiger partial charge in [0.2, 0.25) is 11.8 Å². The fourth-order valence-electron chi connectivity index (χ4n) is 2.80. The van der Waals surface area contributed by atoms with E-state index in [1.807, 2.05) is 6.07 Å². The molecule has 0 aliphatic heterocycles. The van der Waals surface area contributed by atoms with Crippen LogP contribution in [-0.2, 0) is 29.0 Å². The molecule has 0 heterocycles. The van der Waals surface area contributed by atoms with E-state index in [0.717, 1.165) is 11.1 Å². The molecule has 0 spiro atoms. The Bertz CT molecular complexity index is 987. The highest BCUT2D eigenvalue weighted by Crippen LogP contribution is 2.12. The third kappa shape index (κ3) is 6.53. The smallest absolute Gasteiger partial charge is 0.228 e. The number of anilines is 1. The lowest BCUT2D eigenvalue weighted by Crippen LogP contribution is -2.24. The van der Waals surface area contributed by atoms with Gasteiger partial charge in [0.15, 0.2) is 0 Å². The summed E-state index contributed by atoms with van der Waals surface area (Å²) in [5, 5.41) is 5.60. The van der Waals surface area contributed by atoms with Crippen LogP contribution in [0.15, 0.2) is 72.8 Å². The van der Waals surface area contributed by atoms with Gasteiger partial charge >= 0.3 is 0 Å². The molecule has 0 saturated heterocycles. The summed E-state index contributed by atoms with van der Waals surface area (Å²) < 4.78 is 25.9. The molecule has 4 nitrogen and oxygen atoms in total. The second kappa shape index (κ2) is 9.59. The van der Waals surface area contributed by atoms with Crippen LogP contribution in [0.2, 0.25) is 0 Å². The Morgan fingerprint density at radius 2 is 1.24 bits per heavy atom. The summed E-state index contributed by atoms with van der Waals surface area (Å²) in [7, 11) is 0. The molecule has 6 heteroatoms. The van der Waals surface area contributed by atoms with E-state index in [9.17, 15) is 18.4 Å². The van der Waals surface area contributed by atoms with E-state index >= 15 is 0 Å². The Morgan fingerprint density at radius 3 is 1.83 bits per heavy atom. The maximum Gasteiger partial charge on any atom is 0.228 e. The van der Waals surface area contributed by atoms with Gasteiger partial charge in [-0.15, -0.1) is 0 Å². The van der Waals surface area contributed by atoms with Crippen LogP contribution in [0.5, 0.6) is 0 Å². The summed E-state index contributed by atoms with van der Waals surface area (Å²) in [6.45, 7) is 0.307. The molecule has 0 saturated carbocycles. The Kier molecular flexibility index (Phi) is 6.68. The molecule has 0 aliphatic carbocycles. The van der Waals surface area contributed by atoms with Gasteiger partial charge in [-0.3, -0.25) is 9.59 Å². The second-order valence-corrected chi connectivity index (χ2v) is 6.63. The first-order chi connectivity index (χ1) is 14.0. The lowest BCUT2D eigenvalue weighted by Gasteiger charge is -2.09. The van der Waals surface area contributed by atoms with Crippen molar-refractivity contribution in [2.24, 2.45) is 0 Å². The van der Waals surface area contributed by atoms with Crippen LogP contribution in [0.1, 0.15) is 16.7 Å². The Balaban J connectivity index is 1.50. The van der Waals surface area contributed by atoms with E-state index in [1.165, 1.54) is 24.3 Å². The van der Waals surface area contributed by atoms with E-state index in [2.05, 4.69) is 10.6 Å². The van der Waals surface area contributed by atoms with Crippen molar-refractivity contribution < 1.29 is 18.4 Å². The largest absolute Gasteiger partial charge is 0.352 e.